The molecule has 2 N–H and O–H groups in total. The molecule has 1 aliphatic heterocycles. The highest BCUT2D eigenvalue weighted by Crippen LogP contribution is 2.31. The van der Waals surface area contributed by atoms with Crippen molar-refractivity contribution in [3.05, 3.63) is 94.4 Å². The molecule has 250 valence electrons. The zero-order valence-electron chi connectivity index (χ0n) is 27.6. The minimum Gasteiger partial charge on any atom is -0.448 e. The fraction of sp³-hybridized carbons (Fsp3) is 0.222. The number of carbonyl (C=O) groups is 3. The lowest BCUT2D eigenvalue weighted by molar-refractivity contribution is -0.134. The Labute approximate surface area is 285 Å². The van der Waals surface area contributed by atoms with E-state index in [0.717, 1.165) is 22.4 Å². The molecular weight excluding hydrogens is 638 g/mol. The standard InChI is InChI=1S/C36H31N9O5/c1-20-14-21(33-40-18-23(19-41-33)43(2)22-7-9-27-28(15-22)45(4)36(49)44(27)3)17-39-31(20)35(48)38-12-5-6-24-16-26-29(50-24)11-13-37-32(26)25-8-10-30(46)42-34(25)47/h7,9,11,13-19,25H,8,10,12H2,1-4H3,(H,38,48)(H,42,46,47). The van der Waals surface area contributed by atoms with Gasteiger partial charge in [0.2, 0.25) is 11.8 Å². The molecule has 0 saturated carbocycles. The van der Waals surface area contributed by atoms with Crippen LogP contribution in [0.15, 0.2) is 70.4 Å². The molecule has 14 heteroatoms. The molecular formula is C36H31N9O5. The molecule has 7 rings (SSSR count). The average molecular weight is 670 g/mol. The molecule has 1 atom stereocenters. The minimum absolute atomic E-state index is 0.0443. The van der Waals surface area contributed by atoms with Crippen molar-refractivity contribution in [2.24, 2.45) is 14.1 Å². The number of anilines is 2. The molecule has 0 aliphatic carbocycles. The number of carbonyl (C=O) groups excluding carboxylic acids is 3. The third-order valence-corrected chi connectivity index (χ3v) is 8.81. The summed E-state index contributed by atoms with van der Waals surface area (Å²) in [6, 6.07) is 11.0. The number of hydrogen-bond acceptors (Lipinski definition) is 10. The van der Waals surface area contributed by atoms with Crippen LogP contribution >= 0.6 is 0 Å². The SMILES string of the molecule is Cc1cc(-c2ncc(N(C)c3ccc4c(c3)n(C)c(=O)n4C)cn2)cnc1C(=O)NCC#Cc1cc2c(C3CCC(=O)NC3=O)nccc2o1. The Morgan fingerprint density at radius 3 is 2.54 bits per heavy atom. The van der Waals surface area contributed by atoms with E-state index in [1.807, 2.05) is 30.1 Å². The van der Waals surface area contributed by atoms with Crippen molar-refractivity contribution in [1.82, 2.24) is 39.7 Å². The Morgan fingerprint density at radius 1 is 1.00 bits per heavy atom. The fourth-order valence-corrected chi connectivity index (χ4v) is 6.05. The zero-order valence-corrected chi connectivity index (χ0v) is 27.6. The number of aryl methyl sites for hydroxylation is 3. The van der Waals surface area contributed by atoms with Gasteiger partial charge < -0.3 is 14.6 Å². The van der Waals surface area contributed by atoms with Crippen molar-refractivity contribution in [2.45, 2.75) is 25.7 Å². The van der Waals surface area contributed by atoms with E-state index in [2.05, 4.69) is 42.4 Å². The van der Waals surface area contributed by atoms with Crippen molar-refractivity contribution in [2.75, 3.05) is 18.5 Å². The van der Waals surface area contributed by atoms with Crippen LogP contribution in [-0.4, -0.2) is 60.4 Å². The van der Waals surface area contributed by atoms with E-state index >= 15 is 0 Å². The smallest absolute Gasteiger partial charge is 0.328 e. The largest absolute Gasteiger partial charge is 0.448 e. The van der Waals surface area contributed by atoms with E-state index in [4.69, 9.17) is 4.42 Å². The van der Waals surface area contributed by atoms with Gasteiger partial charge in [0, 0.05) is 62.7 Å². The first-order valence-electron chi connectivity index (χ1n) is 15.8. The molecule has 50 heavy (non-hydrogen) atoms. The maximum atomic E-state index is 12.9. The number of furan rings is 1. The van der Waals surface area contributed by atoms with Gasteiger partial charge in [-0.3, -0.25) is 38.8 Å². The molecule has 14 nitrogen and oxygen atoms in total. The van der Waals surface area contributed by atoms with Crippen molar-refractivity contribution >= 4 is 51.1 Å². The number of imidazole rings is 1. The van der Waals surface area contributed by atoms with Crippen molar-refractivity contribution in [3.8, 4) is 23.2 Å². The van der Waals surface area contributed by atoms with Crippen LogP contribution in [0, 0.1) is 18.8 Å². The van der Waals surface area contributed by atoms with E-state index < -0.39 is 5.92 Å². The maximum Gasteiger partial charge on any atom is 0.328 e. The van der Waals surface area contributed by atoms with Crippen LogP contribution in [0.5, 0.6) is 0 Å². The summed E-state index contributed by atoms with van der Waals surface area (Å²) >= 11 is 0. The highest BCUT2D eigenvalue weighted by molar-refractivity contribution is 6.02. The second-order valence-corrected chi connectivity index (χ2v) is 12.0. The number of pyridine rings is 2. The summed E-state index contributed by atoms with van der Waals surface area (Å²) in [5.41, 5.74) is 5.82. The second-order valence-electron chi connectivity index (χ2n) is 12.0. The van der Waals surface area contributed by atoms with Crippen LogP contribution in [-0.2, 0) is 23.7 Å². The number of aromatic nitrogens is 6. The predicted molar refractivity (Wildman–Crippen MR) is 185 cm³/mol. The van der Waals surface area contributed by atoms with Crippen LogP contribution in [0.25, 0.3) is 33.4 Å². The van der Waals surface area contributed by atoms with Gasteiger partial charge in [-0.25, -0.2) is 14.8 Å². The number of fused-ring (bicyclic) bond motifs is 2. The lowest BCUT2D eigenvalue weighted by Gasteiger charge is -2.20. The quantitative estimate of drug-likeness (QED) is 0.198. The van der Waals surface area contributed by atoms with Crippen LogP contribution in [0.1, 0.15) is 46.3 Å². The Bertz CT molecular complexity index is 2470. The summed E-state index contributed by atoms with van der Waals surface area (Å²) in [6.07, 6.45) is 7.15. The van der Waals surface area contributed by atoms with Crippen molar-refractivity contribution in [3.63, 3.8) is 0 Å². The molecule has 6 heterocycles. The van der Waals surface area contributed by atoms with Gasteiger partial charge in [-0.05, 0) is 55.2 Å². The van der Waals surface area contributed by atoms with Gasteiger partial charge in [0.05, 0.1) is 47.3 Å². The fourth-order valence-electron chi connectivity index (χ4n) is 6.05. The van der Waals surface area contributed by atoms with Gasteiger partial charge in [0.1, 0.15) is 11.3 Å². The number of hydrogen-bond donors (Lipinski definition) is 2. The average Bonchev–Trinajstić information content (AvgIpc) is 3.64. The van der Waals surface area contributed by atoms with Crippen LogP contribution in [0.3, 0.4) is 0 Å². The van der Waals surface area contributed by atoms with Crippen LogP contribution < -0.4 is 21.2 Å². The van der Waals surface area contributed by atoms with Crippen molar-refractivity contribution < 1.29 is 18.8 Å². The summed E-state index contributed by atoms with van der Waals surface area (Å²) in [5, 5.41) is 5.77. The van der Waals surface area contributed by atoms with Gasteiger partial charge in [-0.15, -0.1) is 0 Å². The van der Waals surface area contributed by atoms with Gasteiger partial charge in [0.25, 0.3) is 5.91 Å². The predicted octanol–water partition coefficient (Wildman–Crippen LogP) is 3.25. The van der Waals surface area contributed by atoms with E-state index in [9.17, 15) is 19.2 Å². The van der Waals surface area contributed by atoms with Gasteiger partial charge >= 0.3 is 5.69 Å². The molecule has 0 spiro atoms. The van der Waals surface area contributed by atoms with E-state index in [1.54, 1.807) is 73.1 Å². The maximum absolute atomic E-state index is 12.9. The minimum atomic E-state index is -0.551. The van der Waals surface area contributed by atoms with Gasteiger partial charge in [-0.1, -0.05) is 5.92 Å². The Hall–Kier alpha value is -6.62. The van der Waals surface area contributed by atoms with E-state index in [-0.39, 0.29) is 42.1 Å². The van der Waals surface area contributed by atoms with Crippen LogP contribution in [0.4, 0.5) is 11.4 Å². The Kier molecular flexibility index (Phi) is 8.16. The van der Waals surface area contributed by atoms with Gasteiger partial charge in [-0.2, -0.15) is 0 Å². The Morgan fingerprint density at radius 2 is 1.78 bits per heavy atom. The summed E-state index contributed by atoms with van der Waals surface area (Å²) in [5.74, 6) is 5.00. The van der Waals surface area contributed by atoms with E-state index in [0.29, 0.717) is 45.8 Å². The monoisotopic (exact) mass is 669 g/mol. The molecule has 1 aliphatic rings. The number of imide groups is 1. The van der Waals surface area contributed by atoms with E-state index in [1.165, 1.54) is 0 Å². The highest BCUT2D eigenvalue weighted by Gasteiger charge is 2.31. The molecule has 1 aromatic carbocycles. The summed E-state index contributed by atoms with van der Waals surface area (Å²) in [6.45, 7) is 1.83. The third-order valence-electron chi connectivity index (χ3n) is 8.81. The summed E-state index contributed by atoms with van der Waals surface area (Å²) < 4.78 is 9.05. The number of benzene rings is 1. The molecule has 0 bridgehead atoms. The number of rotatable bonds is 6. The Balaban J connectivity index is 0.995. The first kappa shape index (κ1) is 32.0. The number of nitrogens with zero attached hydrogens (tertiary/aromatic N) is 7. The topological polar surface area (TPSA) is 170 Å². The third kappa shape index (κ3) is 5.85. The highest BCUT2D eigenvalue weighted by atomic mass is 16.3. The summed E-state index contributed by atoms with van der Waals surface area (Å²) in [4.78, 5) is 69.0. The number of nitrogens with one attached hydrogen (secondary N) is 2. The lowest BCUT2D eigenvalue weighted by atomic mass is 9.92. The summed E-state index contributed by atoms with van der Waals surface area (Å²) in [7, 11) is 5.40. The molecule has 5 aromatic heterocycles. The molecule has 1 unspecified atom stereocenters. The number of amides is 3. The molecule has 1 saturated heterocycles. The van der Waals surface area contributed by atoms with Crippen molar-refractivity contribution in [1.29, 1.82) is 0 Å². The molecule has 0 radical (unpaired) electrons. The number of piperidine rings is 1. The first-order chi connectivity index (χ1) is 24.1. The molecule has 3 amide bonds. The zero-order chi connectivity index (χ0) is 35.1. The first-order valence-corrected chi connectivity index (χ1v) is 15.8. The normalized spacial score (nSPS) is 14.4. The molecule has 1 fully saturated rings. The molecule has 6 aromatic rings. The van der Waals surface area contributed by atoms with Crippen LogP contribution in [0.2, 0.25) is 0 Å². The van der Waals surface area contributed by atoms with Gasteiger partial charge in [0.15, 0.2) is 11.6 Å². The lowest BCUT2D eigenvalue weighted by Crippen LogP contribution is -2.39. The second kappa shape index (κ2) is 12.8.